The van der Waals surface area contributed by atoms with Gasteiger partial charge in [0.15, 0.2) is 0 Å². The van der Waals surface area contributed by atoms with Crippen molar-refractivity contribution in [1.29, 1.82) is 0 Å². The lowest BCUT2D eigenvalue weighted by Crippen LogP contribution is -2.31. The summed E-state index contributed by atoms with van der Waals surface area (Å²) in [5.41, 5.74) is 7.78. The van der Waals surface area contributed by atoms with Crippen LogP contribution in [0.4, 0.5) is 5.95 Å². The Kier molecular flexibility index (Phi) is 2.59. The van der Waals surface area contributed by atoms with Crippen LogP contribution in [0.15, 0.2) is 22.7 Å². The third-order valence-corrected chi connectivity index (χ3v) is 4.20. The highest BCUT2D eigenvalue weighted by Gasteiger charge is 2.34. The van der Waals surface area contributed by atoms with Crippen molar-refractivity contribution in [3.63, 3.8) is 0 Å². The molecule has 1 aliphatic rings. The number of tetrazole rings is 1. The van der Waals surface area contributed by atoms with E-state index in [0.29, 0.717) is 17.2 Å². The van der Waals surface area contributed by atoms with Crippen LogP contribution in [0.5, 0.6) is 0 Å². The maximum Gasteiger partial charge on any atom is 0.248 e. The van der Waals surface area contributed by atoms with Gasteiger partial charge in [-0.25, -0.2) is 0 Å². The van der Waals surface area contributed by atoms with Crippen LogP contribution in [0.2, 0.25) is 0 Å². The third kappa shape index (κ3) is 1.72. The zero-order chi connectivity index (χ0) is 13.6. The first kappa shape index (κ1) is 11.8. The predicted octanol–water partition coefficient (Wildman–Crippen LogP) is 0.817. The summed E-state index contributed by atoms with van der Waals surface area (Å²) in [5.74, 6) is 0.0456. The van der Waals surface area contributed by atoms with Gasteiger partial charge < -0.3 is 11.1 Å². The topological polar surface area (TPSA) is 98.7 Å². The Morgan fingerprint density at radius 2 is 2.32 bits per heavy atom. The van der Waals surface area contributed by atoms with Gasteiger partial charge in [-0.1, -0.05) is 5.10 Å². The summed E-state index contributed by atoms with van der Waals surface area (Å²) in [4.78, 5) is 12.8. The van der Waals surface area contributed by atoms with Gasteiger partial charge in [-0.3, -0.25) is 4.79 Å². The number of aromatic nitrogens is 4. The number of carbonyl (C=O) groups excluding carboxylic acids is 1. The molecule has 0 unspecified atom stereocenters. The summed E-state index contributed by atoms with van der Waals surface area (Å²) in [6.07, 6.45) is 0. The highest BCUT2D eigenvalue weighted by molar-refractivity contribution is 7.10. The predicted molar refractivity (Wildman–Crippen MR) is 70.5 cm³/mol. The number of allylic oxidation sites excluding steroid dienone is 1. The first-order chi connectivity index (χ1) is 9.09. The minimum atomic E-state index is -0.469. The monoisotopic (exact) mass is 276 g/mol. The number of amides is 1. The van der Waals surface area contributed by atoms with E-state index in [0.717, 1.165) is 10.4 Å². The molecule has 3 N–H and O–H groups in total. The lowest BCUT2D eigenvalue weighted by Gasteiger charge is -2.26. The number of hydrogen-bond acceptors (Lipinski definition) is 6. The van der Waals surface area contributed by atoms with E-state index in [9.17, 15) is 4.79 Å². The number of carbonyl (C=O) groups is 1. The van der Waals surface area contributed by atoms with Gasteiger partial charge in [0.25, 0.3) is 0 Å². The average Bonchev–Trinajstić information content (AvgIpc) is 2.95. The van der Waals surface area contributed by atoms with Crippen LogP contribution in [-0.4, -0.2) is 26.1 Å². The molecule has 0 spiro atoms. The van der Waals surface area contributed by atoms with Gasteiger partial charge in [-0.2, -0.15) is 4.68 Å². The van der Waals surface area contributed by atoms with Crippen LogP contribution >= 0.6 is 11.3 Å². The molecular weight excluding hydrogens is 264 g/mol. The van der Waals surface area contributed by atoms with Gasteiger partial charge in [-0.15, -0.1) is 11.3 Å². The fourth-order valence-corrected chi connectivity index (χ4v) is 3.26. The van der Waals surface area contributed by atoms with Crippen molar-refractivity contribution < 1.29 is 4.79 Å². The van der Waals surface area contributed by atoms with E-state index in [-0.39, 0.29) is 6.04 Å². The number of nitrogens with two attached hydrogens (primary N) is 1. The smallest absolute Gasteiger partial charge is 0.248 e. The first-order valence-electron chi connectivity index (χ1n) is 5.69. The van der Waals surface area contributed by atoms with E-state index >= 15 is 0 Å². The number of nitrogens with zero attached hydrogens (tertiary/aromatic N) is 4. The maximum atomic E-state index is 11.8. The summed E-state index contributed by atoms with van der Waals surface area (Å²) in [6, 6.07) is 1.64. The molecule has 0 saturated carbocycles. The number of primary amides is 1. The summed E-state index contributed by atoms with van der Waals surface area (Å²) >= 11 is 1.56. The lowest BCUT2D eigenvalue weighted by atomic mass is 9.99. The maximum absolute atomic E-state index is 11.8. The van der Waals surface area contributed by atoms with Crippen molar-refractivity contribution in [3.8, 4) is 0 Å². The summed E-state index contributed by atoms with van der Waals surface area (Å²) in [5, 5.41) is 16.5. The molecule has 2 aromatic rings. The van der Waals surface area contributed by atoms with Crippen LogP contribution in [0, 0.1) is 6.92 Å². The minimum absolute atomic E-state index is 0.358. The van der Waals surface area contributed by atoms with Gasteiger partial charge in [0.05, 0.1) is 5.57 Å². The van der Waals surface area contributed by atoms with Crippen molar-refractivity contribution >= 4 is 23.2 Å². The molecule has 19 heavy (non-hydrogen) atoms. The van der Waals surface area contributed by atoms with Gasteiger partial charge in [-0.05, 0) is 41.3 Å². The summed E-state index contributed by atoms with van der Waals surface area (Å²) < 4.78 is 1.59. The molecule has 0 saturated heterocycles. The summed E-state index contributed by atoms with van der Waals surface area (Å²) in [6.45, 7) is 3.79. The Balaban J connectivity index is 2.24. The molecule has 1 aliphatic heterocycles. The zero-order valence-corrected chi connectivity index (χ0v) is 11.2. The Labute approximate surface area is 113 Å². The molecule has 98 valence electrons. The van der Waals surface area contributed by atoms with Crippen LogP contribution in [-0.2, 0) is 4.79 Å². The molecule has 7 nitrogen and oxygen atoms in total. The molecule has 0 fully saturated rings. The molecule has 3 heterocycles. The van der Waals surface area contributed by atoms with Crippen LogP contribution in [0.1, 0.15) is 23.4 Å². The molecule has 0 radical (unpaired) electrons. The van der Waals surface area contributed by atoms with Crippen LogP contribution in [0.3, 0.4) is 0 Å². The minimum Gasteiger partial charge on any atom is -0.366 e. The molecule has 1 atom stereocenters. The second-order valence-electron chi connectivity index (χ2n) is 4.35. The van der Waals surface area contributed by atoms with Gasteiger partial charge in [0.2, 0.25) is 11.9 Å². The molecule has 8 heteroatoms. The highest BCUT2D eigenvalue weighted by Crippen LogP contribution is 2.37. The van der Waals surface area contributed by atoms with E-state index in [4.69, 9.17) is 5.73 Å². The molecule has 0 aromatic carbocycles. The van der Waals surface area contributed by atoms with Crippen LogP contribution in [0.25, 0.3) is 0 Å². The second kappa shape index (κ2) is 4.16. The van der Waals surface area contributed by atoms with Crippen LogP contribution < -0.4 is 11.1 Å². The second-order valence-corrected chi connectivity index (χ2v) is 5.29. The van der Waals surface area contributed by atoms with E-state index in [1.807, 2.05) is 18.4 Å². The highest BCUT2D eigenvalue weighted by atomic mass is 32.1. The number of rotatable bonds is 2. The average molecular weight is 276 g/mol. The van der Waals surface area contributed by atoms with E-state index in [2.05, 4.69) is 20.8 Å². The molecule has 1 amide bonds. The van der Waals surface area contributed by atoms with Gasteiger partial charge in [0.1, 0.15) is 6.04 Å². The number of thiophene rings is 1. The molecule has 0 aliphatic carbocycles. The molecular formula is C11H12N6OS. The summed E-state index contributed by atoms with van der Waals surface area (Å²) in [7, 11) is 0. The van der Waals surface area contributed by atoms with Crippen molar-refractivity contribution in [3.05, 3.63) is 33.2 Å². The van der Waals surface area contributed by atoms with E-state index in [1.165, 1.54) is 0 Å². The van der Waals surface area contributed by atoms with Crippen molar-refractivity contribution in [2.45, 2.75) is 19.9 Å². The molecule has 3 rings (SSSR count). The number of aryl methyl sites for hydroxylation is 1. The number of anilines is 1. The lowest BCUT2D eigenvalue weighted by molar-refractivity contribution is -0.115. The zero-order valence-electron chi connectivity index (χ0n) is 10.4. The Morgan fingerprint density at radius 1 is 1.53 bits per heavy atom. The first-order valence-corrected chi connectivity index (χ1v) is 6.57. The third-order valence-electron chi connectivity index (χ3n) is 3.13. The van der Waals surface area contributed by atoms with E-state index < -0.39 is 5.91 Å². The standard InChI is InChI=1S/C11H12N6OS/c1-5-3-4-19-9(5)8-7(10(12)18)6(2)13-11-14-15-16-17(8)11/h3-4,8H,1-2H3,(H2,12,18)(H,13,14,16)/t8-/m0/s1. The largest absolute Gasteiger partial charge is 0.366 e. The Hall–Kier alpha value is -2.22. The molecule has 0 bridgehead atoms. The van der Waals surface area contributed by atoms with E-state index in [1.54, 1.807) is 22.9 Å². The Bertz CT molecular complexity index is 685. The normalized spacial score (nSPS) is 18.1. The Morgan fingerprint density at radius 3 is 2.95 bits per heavy atom. The van der Waals surface area contributed by atoms with Crippen molar-refractivity contribution in [1.82, 2.24) is 20.2 Å². The van der Waals surface area contributed by atoms with Crippen molar-refractivity contribution in [2.24, 2.45) is 5.73 Å². The quantitative estimate of drug-likeness (QED) is 0.846. The fourth-order valence-electron chi connectivity index (χ4n) is 2.24. The SMILES string of the molecule is CC1=C(C(N)=O)[C@@H](c2sccc2C)n2nnnc2N1. The van der Waals surface area contributed by atoms with Gasteiger partial charge in [0, 0.05) is 10.6 Å². The molecule has 2 aromatic heterocycles. The number of fused-ring (bicyclic) bond motifs is 1. The van der Waals surface area contributed by atoms with Crippen molar-refractivity contribution in [2.75, 3.05) is 5.32 Å². The number of nitrogens with one attached hydrogen (secondary N) is 1. The fraction of sp³-hybridized carbons (Fsp3) is 0.273. The number of hydrogen-bond donors (Lipinski definition) is 2. The van der Waals surface area contributed by atoms with Gasteiger partial charge >= 0.3 is 0 Å².